The second-order valence-corrected chi connectivity index (χ2v) is 13.1. The summed E-state index contributed by atoms with van der Waals surface area (Å²) in [5.74, 6) is -6.76. The zero-order valence-electron chi connectivity index (χ0n) is 34.3. The molecular weight excluding hydrogens is 792 g/mol. The minimum absolute atomic E-state index is 0.0611. The van der Waals surface area contributed by atoms with Crippen LogP contribution in [0.3, 0.4) is 0 Å². The summed E-state index contributed by atoms with van der Waals surface area (Å²) < 4.78 is 40.2. The van der Waals surface area contributed by atoms with Crippen molar-refractivity contribution in [2.45, 2.75) is 91.6 Å². The Kier molecular flexibility index (Phi) is 18.0. The topological polar surface area (TPSA) is 254 Å². The fourth-order valence-electron chi connectivity index (χ4n) is 4.86. The second kappa shape index (κ2) is 22.8. The van der Waals surface area contributed by atoms with Crippen LogP contribution in [0.2, 0.25) is 0 Å². The lowest BCUT2D eigenvalue weighted by molar-refractivity contribution is -0.187. The number of aromatic nitrogens is 2. The molecule has 324 valence electrons. The first-order valence-corrected chi connectivity index (χ1v) is 18.5. The van der Waals surface area contributed by atoms with Gasteiger partial charge in [-0.2, -0.15) is 5.10 Å². The van der Waals surface area contributed by atoms with Gasteiger partial charge in [-0.25, -0.2) is 33.6 Å². The SMILES string of the molecule is COc1cccc(CN(CCOC(=O)[C@H](C)OC(=O)[C@H](C)OC(=O)[C@H](C)OC(=O)[C@H](C)OC(=O)[C@H](C)OC(=O)[C@H](C)OC(C)=O)C(=O)Nc2ccc(-c3cn[nH]c3)cc2)c1. The fraction of sp³-hybridized carbons (Fsp3) is 0.425. The largest absolute Gasteiger partial charge is 0.497 e. The number of benzene rings is 2. The maximum absolute atomic E-state index is 13.4. The number of amides is 2. The van der Waals surface area contributed by atoms with Gasteiger partial charge in [0.1, 0.15) is 12.4 Å². The molecule has 60 heavy (non-hydrogen) atoms. The highest BCUT2D eigenvalue weighted by Gasteiger charge is 2.32. The summed E-state index contributed by atoms with van der Waals surface area (Å²) in [5.41, 5.74) is 3.01. The van der Waals surface area contributed by atoms with Gasteiger partial charge in [0, 0.05) is 30.9 Å². The van der Waals surface area contributed by atoms with Crippen molar-refractivity contribution in [2.24, 2.45) is 0 Å². The van der Waals surface area contributed by atoms with Crippen LogP contribution in [-0.4, -0.2) is 120 Å². The molecule has 2 amide bonds. The Bertz CT molecular complexity index is 1970. The van der Waals surface area contributed by atoms with Crippen molar-refractivity contribution in [3.8, 4) is 16.9 Å². The van der Waals surface area contributed by atoms with Crippen molar-refractivity contribution < 1.29 is 76.3 Å². The van der Waals surface area contributed by atoms with E-state index < -0.39 is 84.4 Å². The summed E-state index contributed by atoms with van der Waals surface area (Å²) in [6.45, 7) is 7.90. The zero-order chi connectivity index (χ0) is 44.5. The summed E-state index contributed by atoms with van der Waals surface area (Å²) in [7, 11) is 1.52. The molecule has 0 saturated heterocycles. The molecule has 0 aliphatic heterocycles. The number of methoxy groups -OCH3 is 1. The van der Waals surface area contributed by atoms with E-state index in [1.807, 2.05) is 12.1 Å². The number of aromatic amines is 1. The van der Waals surface area contributed by atoms with E-state index in [4.69, 9.17) is 33.2 Å². The van der Waals surface area contributed by atoms with Gasteiger partial charge in [0.2, 0.25) is 0 Å². The fourth-order valence-corrected chi connectivity index (χ4v) is 4.86. The average Bonchev–Trinajstić information content (AvgIpc) is 3.75. The van der Waals surface area contributed by atoms with Crippen molar-refractivity contribution in [1.29, 1.82) is 0 Å². The highest BCUT2D eigenvalue weighted by molar-refractivity contribution is 5.90. The summed E-state index contributed by atoms with van der Waals surface area (Å²) in [6.07, 6.45) is -5.55. The lowest BCUT2D eigenvalue weighted by atomic mass is 10.1. The quantitative estimate of drug-likeness (QED) is 0.122. The molecule has 1 heterocycles. The van der Waals surface area contributed by atoms with Crippen molar-refractivity contribution >= 4 is 53.5 Å². The Morgan fingerprint density at radius 1 is 0.650 bits per heavy atom. The smallest absolute Gasteiger partial charge is 0.347 e. The van der Waals surface area contributed by atoms with Crippen LogP contribution in [0.1, 0.15) is 54.0 Å². The number of H-pyrrole nitrogens is 1. The second-order valence-electron chi connectivity index (χ2n) is 13.1. The molecule has 20 heteroatoms. The van der Waals surface area contributed by atoms with Gasteiger partial charge in [-0.3, -0.25) is 9.89 Å². The molecular formula is C40H48N4O16. The van der Waals surface area contributed by atoms with Gasteiger partial charge in [-0.15, -0.1) is 0 Å². The van der Waals surface area contributed by atoms with Gasteiger partial charge in [0.25, 0.3) is 0 Å². The summed E-state index contributed by atoms with van der Waals surface area (Å²) in [5, 5.41) is 9.52. The molecule has 2 N–H and O–H groups in total. The predicted molar refractivity (Wildman–Crippen MR) is 206 cm³/mol. The van der Waals surface area contributed by atoms with Crippen molar-refractivity contribution in [3.63, 3.8) is 0 Å². The number of nitrogens with one attached hydrogen (secondary N) is 2. The molecule has 20 nitrogen and oxygen atoms in total. The molecule has 3 aromatic rings. The summed E-state index contributed by atoms with van der Waals surface area (Å²) >= 11 is 0. The third-order valence-corrected chi connectivity index (χ3v) is 8.17. The first kappa shape index (κ1) is 47.4. The summed E-state index contributed by atoms with van der Waals surface area (Å²) in [6, 6.07) is 13.7. The first-order chi connectivity index (χ1) is 28.4. The molecule has 2 aromatic carbocycles. The number of carbonyl (C=O) groups is 8. The maximum atomic E-state index is 13.4. The Hall–Kier alpha value is -6.99. The minimum Gasteiger partial charge on any atom is -0.497 e. The predicted octanol–water partition coefficient (Wildman–Crippen LogP) is 3.27. The van der Waals surface area contributed by atoms with E-state index in [0.29, 0.717) is 11.4 Å². The van der Waals surface area contributed by atoms with Crippen LogP contribution in [0, 0.1) is 0 Å². The van der Waals surface area contributed by atoms with E-state index >= 15 is 0 Å². The number of urea groups is 1. The number of hydrogen-bond donors (Lipinski definition) is 2. The van der Waals surface area contributed by atoms with E-state index in [-0.39, 0.29) is 19.7 Å². The Morgan fingerprint density at radius 2 is 1.13 bits per heavy atom. The van der Waals surface area contributed by atoms with E-state index in [2.05, 4.69) is 20.3 Å². The normalized spacial score (nSPS) is 13.7. The first-order valence-electron chi connectivity index (χ1n) is 18.5. The van der Waals surface area contributed by atoms with Crippen LogP contribution in [0.25, 0.3) is 11.1 Å². The molecule has 0 spiro atoms. The lowest BCUT2D eigenvalue weighted by Crippen LogP contribution is -2.39. The molecule has 0 bridgehead atoms. The van der Waals surface area contributed by atoms with Crippen LogP contribution in [0.5, 0.6) is 5.75 Å². The van der Waals surface area contributed by atoms with E-state index in [1.165, 1.54) is 25.9 Å². The van der Waals surface area contributed by atoms with Gasteiger partial charge >= 0.3 is 47.8 Å². The monoisotopic (exact) mass is 840 g/mol. The number of ether oxygens (including phenoxy) is 8. The maximum Gasteiger partial charge on any atom is 0.347 e. The molecule has 0 unspecified atom stereocenters. The summed E-state index contributed by atoms with van der Waals surface area (Å²) in [4.78, 5) is 101. The van der Waals surface area contributed by atoms with Gasteiger partial charge in [0.15, 0.2) is 36.6 Å². The van der Waals surface area contributed by atoms with Gasteiger partial charge in [0.05, 0.1) is 19.9 Å². The van der Waals surface area contributed by atoms with Crippen LogP contribution in [0.4, 0.5) is 10.5 Å². The van der Waals surface area contributed by atoms with Crippen molar-refractivity contribution in [1.82, 2.24) is 15.1 Å². The van der Waals surface area contributed by atoms with E-state index in [1.54, 1.807) is 48.8 Å². The minimum atomic E-state index is -1.59. The molecule has 6 atom stereocenters. The van der Waals surface area contributed by atoms with E-state index in [9.17, 15) is 38.4 Å². The Morgan fingerprint density at radius 3 is 1.58 bits per heavy atom. The van der Waals surface area contributed by atoms with Gasteiger partial charge in [-0.05, 0) is 76.9 Å². The highest BCUT2D eigenvalue weighted by Crippen LogP contribution is 2.21. The van der Waals surface area contributed by atoms with Gasteiger partial charge in [-0.1, -0.05) is 24.3 Å². The third-order valence-electron chi connectivity index (χ3n) is 8.17. The number of nitrogens with zero attached hydrogens (tertiary/aromatic N) is 2. The number of anilines is 1. The molecule has 1 aromatic heterocycles. The van der Waals surface area contributed by atoms with Crippen LogP contribution >= 0.6 is 0 Å². The standard InChI is InChI=1S/C40H48N4O16/c1-22(56-36(48)24(3)58-38(50)26(5)60-39(51)27(6)59-37(49)25(4)57-35(47)23(2)55-28(7)45)34(46)54-17-16-44(21-29-10-9-11-33(18-29)53-8)40(52)43-32-14-12-30(13-15-32)31-19-41-42-20-31/h9-15,18-20,22-27H,16-17,21H2,1-8H3,(H,41,42)(H,43,52)/t22-,23-,24-,25-,26-,27-/m0/s1. The van der Waals surface area contributed by atoms with E-state index in [0.717, 1.165) is 51.3 Å². The lowest BCUT2D eigenvalue weighted by Gasteiger charge is -2.24. The molecule has 0 aliphatic rings. The molecule has 0 radical (unpaired) electrons. The molecule has 0 fully saturated rings. The Balaban J connectivity index is 1.48. The third kappa shape index (κ3) is 15.1. The molecule has 0 aliphatic carbocycles. The van der Waals surface area contributed by atoms with Crippen LogP contribution in [0.15, 0.2) is 60.9 Å². The number of hydrogen-bond acceptors (Lipinski definition) is 17. The number of esters is 7. The van der Waals surface area contributed by atoms with Crippen LogP contribution < -0.4 is 10.1 Å². The zero-order valence-corrected chi connectivity index (χ0v) is 34.3. The number of carbonyl (C=O) groups excluding carboxylic acids is 8. The van der Waals surface area contributed by atoms with Crippen molar-refractivity contribution in [3.05, 3.63) is 66.5 Å². The number of rotatable bonds is 20. The molecule has 0 saturated carbocycles. The van der Waals surface area contributed by atoms with Gasteiger partial charge < -0.3 is 48.1 Å². The van der Waals surface area contributed by atoms with Crippen molar-refractivity contribution in [2.75, 3.05) is 25.6 Å². The molecule has 3 rings (SSSR count). The highest BCUT2D eigenvalue weighted by atomic mass is 16.7. The Labute approximate surface area is 345 Å². The average molecular weight is 841 g/mol. The van der Waals surface area contributed by atoms with Crippen LogP contribution in [-0.2, 0) is 73.3 Å².